The Morgan fingerprint density at radius 3 is 2.82 bits per heavy atom. The molecular formula is C10H12N2O5. The summed E-state index contributed by atoms with van der Waals surface area (Å²) in [7, 11) is 1.29. The average Bonchev–Trinajstić information content (AvgIpc) is 2.34. The number of nitrogens with zero attached hydrogens (tertiary/aromatic N) is 1. The van der Waals surface area contributed by atoms with Crippen molar-refractivity contribution in [2.45, 2.75) is 0 Å². The van der Waals surface area contributed by atoms with Gasteiger partial charge in [-0.05, 0) is 6.07 Å². The molecule has 0 aliphatic rings. The van der Waals surface area contributed by atoms with Gasteiger partial charge >= 0.3 is 5.69 Å². The number of carbonyl (C=O) groups is 1. The number of hydrogen-bond donors (Lipinski definition) is 2. The van der Waals surface area contributed by atoms with E-state index in [1.807, 2.05) is 0 Å². The van der Waals surface area contributed by atoms with Gasteiger partial charge in [0.25, 0.3) is 5.91 Å². The fourth-order valence-electron chi connectivity index (χ4n) is 1.24. The van der Waals surface area contributed by atoms with Crippen molar-refractivity contribution in [1.29, 1.82) is 0 Å². The Hall–Kier alpha value is -2.15. The molecule has 0 aliphatic carbocycles. The van der Waals surface area contributed by atoms with Crippen LogP contribution in [-0.2, 0) is 0 Å². The Labute approximate surface area is 97.2 Å². The van der Waals surface area contributed by atoms with Gasteiger partial charge in [0, 0.05) is 24.2 Å². The number of nitrogens with one attached hydrogen (secondary N) is 1. The number of aliphatic hydroxyl groups is 1. The van der Waals surface area contributed by atoms with Gasteiger partial charge < -0.3 is 15.2 Å². The van der Waals surface area contributed by atoms with Crippen LogP contribution in [0.5, 0.6) is 5.75 Å². The van der Waals surface area contributed by atoms with Crippen LogP contribution in [0.2, 0.25) is 0 Å². The first-order valence-corrected chi connectivity index (χ1v) is 4.81. The lowest BCUT2D eigenvalue weighted by Crippen LogP contribution is -2.26. The van der Waals surface area contributed by atoms with E-state index in [1.54, 1.807) is 0 Å². The number of methoxy groups -OCH3 is 1. The first-order valence-electron chi connectivity index (χ1n) is 4.81. The maximum atomic E-state index is 11.5. The standard InChI is InChI=1S/C10H12N2O5/c1-17-9-6-7(10(14)11-4-5-13)2-3-8(9)12(15)16/h2-3,6,13H,4-5H2,1H3,(H,11,14). The van der Waals surface area contributed by atoms with E-state index in [4.69, 9.17) is 9.84 Å². The highest BCUT2D eigenvalue weighted by atomic mass is 16.6. The minimum absolute atomic E-state index is 0.0200. The zero-order chi connectivity index (χ0) is 12.8. The van der Waals surface area contributed by atoms with Gasteiger partial charge in [-0.25, -0.2) is 0 Å². The molecule has 0 bridgehead atoms. The first kappa shape index (κ1) is 12.9. The molecule has 1 aromatic rings. The van der Waals surface area contributed by atoms with E-state index in [9.17, 15) is 14.9 Å². The van der Waals surface area contributed by atoms with Crippen molar-refractivity contribution in [3.8, 4) is 5.75 Å². The fraction of sp³-hybridized carbons (Fsp3) is 0.300. The molecule has 0 saturated carbocycles. The van der Waals surface area contributed by atoms with Crippen molar-refractivity contribution < 1.29 is 19.6 Å². The largest absolute Gasteiger partial charge is 0.490 e. The molecule has 2 N–H and O–H groups in total. The SMILES string of the molecule is COc1cc(C(=O)NCCO)ccc1[N+](=O)[O-]. The molecule has 1 aromatic carbocycles. The summed E-state index contributed by atoms with van der Waals surface area (Å²) in [4.78, 5) is 21.5. The predicted molar refractivity (Wildman–Crippen MR) is 59.1 cm³/mol. The summed E-state index contributed by atoms with van der Waals surface area (Å²) in [6.45, 7) is -0.0476. The molecule has 1 rings (SSSR count). The second-order valence-corrected chi connectivity index (χ2v) is 3.12. The molecule has 1 amide bonds. The maximum Gasteiger partial charge on any atom is 0.310 e. The molecule has 0 aromatic heterocycles. The average molecular weight is 240 g/mol. The molecule has 17 heavy (non-hydrogen) atoms. The number of benzene rings is 1. The summed E-state index contributed by atoms with van der Waals surface area (Å²) in [5.41, 5.74) is 0.0344. The van der Waals surface area contributed by atoms with Crippen molar-refractivity contribution in [2.75, 3.05) is 20.3 Å². The van der Waals surface area contributed by atoms with Gasteiger partial charge in [0.05, 0.1) is 18.6 Å². The Bertz CT molecular complexity index is 433. The van der Waals surface area contributed by atoms with Gasteiger partial charge in [-0.3, -0.25) is 14.9 Å². The lowest BCUT2D eigenvalue weighted by atomic mass is 10.2. The summed E-state index contributed by atoms with van der Waals surface area (Å²) in [5.74, 6) is -0.404. The molecule has 0 saturated heterocycles. The molecule has 0 aliphatic heterocycles. The Morgan fingerprint density at radius 1 is 1.59 bits per heavy atom. The molecule has 7 nitrogen and oxygen atoms in total. The van der Waals surface area contributed by atoms with Crippen LogP contribution in [0.4, 0.5) is 5.69 Å². The van der Waals surface area contributed by atoms with Crippen LogP contribution < -0.4 is 10.1 Å². The number of aliphatic hydroxyl groups excluding tert-OH is 1. The number of nitro benzene ring substituents is 1. The lowest BCUT2D eigenvalue weighted by molar-refractivity contribution is -0.385. The van der Waals surface area contributed by atoms with Gasteiger partial charge in [0.2, 0.25) is 0 Å². The van der Waals surface area contributed by atoms with E-state index >= 15 is 0 Å². The Balaban J connectivity index is 2.97. The van der Waals surface area contributed by atoms with Crippen LogP contribution in [0.25, 0.3) is 0 Å². The molecule has 0 unspecified atom stereocenters. The van der Waals surface area contributed by atoms with E-state index in [-0.39, 0.29) is 30.2 Å². The Kier molecular flexibility index (Phi) is 4.41. The van der Waals surface area contributed by atoms with E-state index in [2.05, 4.69) is 5.32 Å². The summed E-state index contributed by atoms with van der Waals surface area (Å²) in [6.07, 6.45) is 0. The Morgan fingerprint density at radius 2 is 2.29 bits per heavy atom. The molecule has 0 atom stereocenters. The van der Waals surface area contributed by atoms with Gasteiger partial charge in [0.1, 0.15) is 0 Å². The molecule has 0 radical (unpaired) electrons. The highest BCUT2D eigenvalue weighted by Gasteiger charge is 2.16. The normalized spacial score (nSPS) is 9.76. The molecule has 0 fully saturated rings. The van der Waals surface area contributed by atoms with Gasteiger partial charge in [-0.15, -0.1) is 0 Å². The predicted octanol–water partition coefficient (Wildman–Crippen LogP) is 0.325. The maximum absolute atomic E-state index is 11.5. The van der Waals surface area contributed by atoms with Crippen molar-refractivity contribution in [2.24, 2.45) is 0 Å². The smallest absolute Gasteiger partial charge is 0.310 e. The second kappa shape index (κ2) is 5.80. The summed E-state index contributed by atoms with van der Waals surface area (Å²) in [5, 5.41) is 21.6. The minimum atomic E-state index is -0.589. The van der Waals surface area contributed by atoms with Crippen molar-refractivity contribution >= 4 is 11.6 Å². The van der Waals surface area contributed by atoms with Crippen LogP contribution in [-0.4, -0.2) is 36.2 Å². The third kappa shape index (κ3) is 3.15. The number of amides is 1. The molecule has 0 heterocycles. The molecule has 92 valence electrons. The topological polar surface area (TPSA) is 102 Å². The van der Waals surface area contributed by atoms with Crippen LogP contribution in [0, 0.1) is 10.1 Å². The summed E-state index contributed by atoms with van der Waals surface area (Å²) < 4.78 is 4.83. The van der Waals surface area contributed by atoms with Gasteiger partial charge in [-0.1, -0.05) is 0 Å². The van der Waals surface area contributed by atoms with Crippen LogP contribution in [0.3, 0.4) is 0 Å². The van der Waals surface area contributed by atoms with Gasteiger partial charge in [0.15, 0.2) is 5.75 Å². The highest BCUT2D eigenvalue weighted by molar-refractivity contribution is 5.95. The lowest BCUT2D eigenvalue weighted by Gasteiger charge is -2.05. The van der Waals surface area contributed by atoms with E-state index < -0.39 is 10.8 Å². The number of rotatable bonds is 5. The van der Waals surface area contributed by atoms with Crippen LogP contribution in [0.15, 0.2) is 18.2 Å². The first-order chi connectivity index (χ1) is 8.10. The van der Waals surface area contributed by atoms with E-state index in [0.717, 1.165) is 0 Å². The van der Waals surface area contributed by atoms with Crippen molar-refractivity contribution in [3.63, 3.8) is 0 Å². The highest BCUT2D eigenvalue weighted by Crippen LogP contribution is 2.27. The third-order valence-corrected chi connectivity index (χ3v) is 2.04. The van der Waals surface area contributed by atoms with Crippen LogP contribution >= 0.6 is 0 Å². The zero-order valence-electron chi connectivity index (χ0n) is 9.17. The number of nitro groups is 1. The number of hydrogen-bond acceptors (Lipinski definition) is 5. The fourth-order valence-corrected chi connectivity index (χ4v) is 1.24. The molecular weight excluding hydrogens is 228 g/mol. The third-order valence-electron chi connectivity index (χ3n) is 2.04. The van der Waals surface area contributed by atoms with E-state index in [0.29, 0.717) is 0 Å². The monoisotopic (exact) mass is 240 g/mol. The quantitative estimate of drug-likeness (QED) is 0.570. The van der Waals surface area contributed by atoms with Gasteiger partial charge in [-0.2, -0.15) is 0 Å². The van der Waals surface area contributed by atoms with E-state index in [1.165, 1.54) is 25.3 Å². The molecule has 7 heteroatoms. The number of carbonyl (C=O) groups excluding carboxylic acids is 1. The zero-order valence-corrected chi connectivity index (χ0v) is 9.17. The summed E-state index contributed by atoms with van der Waals surface area (Å²) in [6, 6.07) is 3.81. The van der Waals surface area contributed by atoms with Crippen molar-refractivity contribution in [1.82, 2.24) is 5.32 Å². The number of ether oxygens (including phenoxy) is 1. The van der Waals surface area contributed by atoms with Crippen molar-refractivity contribution in [3.05, 3.63) is 33.9 Å². The minimum Gasteiger partial charge on any atom is -0.490 e. The molecule has 0 spiro atoms. The van der Waals surface area contributed by atoms with Crippen LogP contribution in [0.1, 0.15) is 10.4 Å². The second-order valence-electron chi connectivity index (χ2n) is 3.12. The summed E-state index contributed by atoms with van der Waals surface area (Å²) >= 11 is 0.